The van der Waals surface area contributed by atoms with Gasteiger partial charge in [0.2, 0.25) is 27.6 Å². The Morgan fingerprint density at radius 2 is 1.69 bits per heavy atom. The summed E-state index contributed by atoms with van der Waals surface area (Å²) in [7, 11) is -3.40. The molecular weight excluding hydrogens is 636 g/mol. The first-order chi connectivity index (χ1) is 22.1. The minimum atomic E-state index is -3.40. The zero-order chi connectivity index (χ0) is 36.4. The van der Waals surface area contributed by atoms with Gasteiger partial charge in [0.05, 0.1) is 11.8 Å². The zero-order valence-electron chi connectivity index (χ0n) is 29.6. The topological polar surface area (TPSA) is 174 Å². The highest BCUT2D eigenvalue weighted by atomic mass is 32.2. The van der Waals surface area contributed by atoms with Crippen LogP contribution < -0.4 is 21.3 Å². The summed E-state index contributed by atoms with van der Waals surface area (Å²) in [6.07, 6.45) is 7.56. The number of carbonyl (C=O) groups excluding carboxylic acids is 5. The number of urea groups is 1. The van der Waals surface area contributed by atoms with Gasteiger partial charge in [-0.25, -0.2) is 13.2 Å². The SMILES string of the molecule is C#CCCC(NC(=O)C1[C@@H]2[C@H](CN1C(=O)[C@@H](NC(=O)N[C@H](CN1CCCS1(=O)=O)C(C)(C)C)C(C)(C)C)C2(C)C)C(=O)C(=O)NCC=C. The van der Waals surface area contributed by atoms with Gasteiger partial charge in [-0.1, -0.05) is 61.5 Å². The number of rotatable bonds is 13. The van der Waals surface area contributed by atoms with E-state index < -0.39 is 74.6 Å². The normalized spacial score (nSPS) is 24.6. The van der Waals surface area contributed by atoms with Gasteiger partial charge in [0.15, 0.2) is 0 Å². The number of likely N-dealkylation sites (tertiary alicyclic amines) is 1. The molecule has 0 aromatic rings. The molecule has 14 heteroatoms. The number of hydrogen-bond acceptors (Lipinski definition) is 7. The third-order valence-corrected chi connectivity index (χ3v) is 11.9. The molecule has 3 rings (SSSR count). The number of amides is 5. The van der Waals surface area contributed by atoms with Crippen LogP contribution in [0, 0.1) is 40.4 Å². The molecule has 2 saturated heterocycles. The van der Waals surface area contributed by atoms with Crippen molar-refractivity contribution in [3.8, 4) is 12.3 Å². The van der Waals surface area contributed by atoms with Crippen molar-refractivity contribution in [2.24, 2.45) is 28.1 Å². The number of fused-ring (bicyclic) bond motifs is 1. The van der Waals surface area contributed by atoms with Gasteiger partial charge < -0.3 is 26.2 Å². The molecule has 1 saturated carbocycles. The van der Waals surface area contributed by atoms with E-state index in [0.29, 0.717) is 13.0 Å². The van der Waals surface area contributed by atoms with Crippen LogP contribution in [0.15, 0.2) is 12.7 Å². The van der Waals surface area contributed by atoms with E-state index in [-0.39, 0.29) is 55.5 Å². The Morgan fingerprint density at radius 1 is 1.04 bits per heavy atom. The number of carbonyl (C=O) groups is 5. The molecule has 1 aliphatic carbocycles. The van der Waals surface area contributed by atoms with Crippen LogP contribution >= 0.6 is 0 Å². The van der Waals surface area contributed by atoms with Crippen LogP contribution in [0.5, 0.6) is 0 Å². The summed E-state index contributed by atoms with van der Waals surface area (Å²) in [6.45, 7) is 19.5. The molecule has 0 spiro atoms. The number of nitrogens with zero attached hydrogens (tertiary/aromatic N) is 2. The third kappa shape index (κ3) is 8.77. The Hall–Kier alpha value is -3.44. The average molecular weight is 691 g/mol. The van der Waals surface area contributed by atoms with E-state index in [9.17, 15) is 32.4 Å². The molecule has 13 nitrogen and oxygen atoms in total. The molecular formula is C34H54N6O7S. The highest BCUT2D eigenvalue weighted by Crippen LogP contribution is 2.65. The Labute approximate surface area is 285 Å². The van der Waals surface area contributed by atoms with Gasteiger partial charge in [-0.05, 0) is 40.9 Å². The van der Waals surface area contributed by atoms with Crippen molar-refractivity contribution in [3.63, 3.8) is 0 Å². The lowest BCUT2D eigenvalue weighted by Gasteiger charge is -2.39. The summed E-state index contributed by atoms with van der Waals surface area (Å²) < 4.78 is 26.4. The molecule has 48 heavy (non-hydrogen) atoms. The largest absolute Gasteiger partial charge is 0.346 e. The molecule has 4 N–H and O–H groups in total. The fourth-order valence-electron chi connectivity index (χ4n) is 6.76. The maximum absolute atomic E-state index is 14.3. The van der Waals surface area contributed by atoms with E-state index >= 15 is 0 Å². The fraction of sp³-hybridized carbons (Fsp3) is 0.735. The Morgan fingerprint density at radius 3 is 2.21 bits per heavy atom. The average Bonchev–Trinajstić information content (AvgIpc) is 3.26. The second kappa shape index (κ2) is 14.6. The number of ketones is 1. The lowest BCUT2D eigenvalue weighted by atomic mass is 9.85. The maximum atomic E-state index is 14.3. The zero-order valence-corrected chi connectivity index (χ0v) is 30.5. The highest BCUT2D eigenvalue weighted by Gasteiger charge is 2.70. The summed E-state index contributed by atoms with van der Waals surface area (Å²) >= 11 is 0. The van der Waals surface area contributed by atoms with E-state index in [1.165, 1.54) is 15.3 Å². The Bertz CT molecular complexity index is 1440. The van der Waals surface area contributed by atoms with E-state index in [1.54, 1.807) is 20.8 Å². The van der Waals surface area contributed by atoms with Gasteiger partial charge in [-0.2, -0.15) is 4.31 Å². The summed E-state index contributed by atoms with van der Waals surface area (Å²) in [5.74, 6) is -0.399. The number of piperidine rings is 1. The first kappa shape index (κ1) is 39.0. The molecule has 0 aromatic heterocycles. The van der Waals surface area contributed by atoms with Crippen LogP contribution in [0.1, 0.15) is 74.7 Å². The maximum Gasteiger partial charge on any atom is 0.315 e. The van der Waals surface area contributed by atoms with Crippen molar-refractivity contribution >= 4 is 39.6 Å². The molecule has 0 aromatic carbocycles. The minimum Gasteiger partial charge on any atom is -0.346 e. The number of sulfonamides is 1. The van der Waals surface area contributed by atoms with Gasteiger partial charge in [0, 0.05) is 38.6 Å². The van der Waals surface area contributed by atoms with Crippen LogP contribution in [0.2, 0.25) is 0 Å². The van der Waals surface area contributed by atoms with Gasteiger partial charge in [0.25, 0.3) is 5.91 Å². The van der Waals surface area contributed by atoms with Crippen LogP contribution in [0.25, 0.3) is 0 Å². The molecule has 2 heterocycles. The predicted molar refractivity (Wildman–Crippen MR) is 183 cm³/mol. The molecule has 5 amide bonds. The summed E-state index contributed by atoms with van der Waals surface area (Å²) in [5, 5.41) is 10.9. The minimum absolute atomic E-state index is 0.0232. The summed E-state index contributed by atoms with van der Waals surface area (Å²) in [6, 6.07) is -4.36. The molecule has 6 atom stereocenters. The van der Waals surface area contributed by atoms with Crippen molar-refractivity contribution in [3.05, 3.63) is 12.7 Å². The smallest absolute Gasteiger partial charge is 0.315 e. The second-order valence-electron chi connectivity index (χ2n) is 15.9. The van der Waals surface area contributed by atoms with Gasteiger partial charge in [-0.15, -0.1) is 18.9 Å². The van der Waals surface area contributed by atoms with Crippen molar-refractivity contribution < 1.29 is 32.4 Å². The number of Topliss-reactive ketones (excluding diaryl/α,β-unsaturated/α-hetero) is 1. The van der Waals surface area contributed by atoms with Gasteiger partial charge in [-0.3, -0.25) is 19.2 Å². The molecule has 268 valence electrons. The summed E-state index contributed by atoms with van der Waals surface area (Å²) in [4.78, 5) is 68.8. The van der Waals surface area contributed by atoms with Crippen LogP contribution in [-0.4, -0.2) is 103 Å². The highest BCUT2D eigenvalue weighted by molar-refractivity contribution is 7.89. The first-order valence-electron chi connectivity index (χ1n) is 16.6. The standard InChI is InChI=1S/C34H54N6O7S/c1-11-13-15-22(26(41)29(43)35-16-12-2)36-28(42)25-24-21(34(24,9)10)19-40(25)30(44)27(33(6,7)8)38-31(45)37-23(32(3,4)5)20-39-17-14-18-48(39,46)47/h1,12,21-25,27H,2,13-20H2,3-10H3,(H,35,43)(H,36,42)(H2,37,38,45)/t21-,22?,23+,24-,25?,27+/m0/s1. The van der Waals surface area contributed by atoms with Crippen LogP contribution in [0.3, 0.4) is 0 Å². The van der Waals surface area contributed by atoms with E-state index in [1.807, 2.05) is 34.6 Å². The quantitative estimate of drug-likeness (QED) is 0.128. The second-order valence-corrected chi connectivity index (χ2v) is 18.0. The van der Waals surface area contributed by atoms with Crippen molar-refractivity contribution in [2.75, 3.05) is 31.9 Å². The predicted octanol–water partition coefficient (Wildman–Crippen LogP) is 1.40. The molecule has 3 aliphatic rings. The lowest BCUT2D eigenvalue weighted by molar-refractivity contribution is -0.145. The van der Waals surface area contributed by atoms with Crippen molar-refractivity contribution in [2.45, 2.75) is 98.8 Å². The molecule has 0 bridgehead atoms. The van der Waals surface area contributed by atoms with Crippen LogP contribution in [0.4, 0.5) is 4.79 Å². The van der Waals surface area contributed by atoms with Crippen molar-refractivity contribution in [1.82, 2.24) is 30.5 Å². The van der Waals surface area contributed by atoms with E-state index in [2.05, 4.69) is 33.8 Å². The first-order valence-corrected chi connectivity index (χ1v) is 18.2. The third-order valence-electron chi connectivity index (χ3n) is 9.93. The number of nitrogens with one attached hydrogen (secondary N) is 4. The fourth-order valence-corrected chi connectivity index (χ4v) is 8.29. The molecule has 2 unspecified atom stereocenters. The lowest BCUT2D eigenvalue weighted by Crippen LogP contribution is -2.62. The van der Waals surface area contributed by atoms with E-state index in [0.717, 1.165) is 0 Å². The molecule has 3 fully saturated rings. The number of terminal acetylenes is 1. The van der Waals surface area contributed by atoms with Gasteiger partial charge in [0.1, 0.15) is 12.1 Å². The monoisotopic (exact) mass is 690 g/mol. The van der Waals surface area contributed by atoms with Crippen molar-refractivity contribution in [1.29, 1.82) is 0 Å². The van der Waals surface area contributed by atoms with Gasteiger partial charge >= 0.3 is 6.03 Å². The Kier molecular flexibility index (Phi) is 11.8. The molecule has 2 aliphatic heterocycles. The summed E-state index contributed by atoms with van der Waals surface area (Å²) in [5.41, 5.74) is -1.52. The molecule has 0 radical (unpaired) electrons. The number of hydrogen-bond donors (Lipinski definition) is 4. The van der Waals surface area contributed by atoms with Crippen LogP contribution in [-0.2, 0) is 29.2 Å². The van der Waals surface area contributed by atoms with E-state index in [4.69, 9.17) is 6.42 Å². The Balaban J connectivity index is 1.83.